The van der Waals surface area contributed by atoms with E-state index in [0.717, 1.165) is 21.7 Å². The largest absolute Gasteiger partial charge is 0.361 e. The third-order valence-corrected chi connectivity index (χ3v) is 3.76. The molecule has 0 unspecified atom stereocenters. The SMILES string of the molecule is Cc1cc(Cc2nc(Cl)c3cc(C)sc3n2)no1. The minimum absolute atomic E-state index is 0.500. The summed E-state index contributed by atoms with van der Waals surface area (Å²) in [5.74, 6) is 1.45. The lowest BCUT2D eigenvalue weighted by Crippen LogP contribution is -1.96. The second kappa shape index (κ2) is 4.33. The molecule has 3 aromatic rings. The monoisotopic (exact) mass is 279 g/mol. The van der Waals surface area contributed by atoms with Gasteiger partial charge in [-0.05, 0) is 19.9 Å². The van der Waals surface area contributed by atoms with E-state index < -0.39 is 0 Å². The molecule has 0 aliphatic carbocycles. The highest BCUT2D eigenvalue weighted by molar-refractivity contribution is 7.18. The van der Waals surface area contributed by atoms with Gasteiger partial charge >= 0.3 is 0 Å². The minimum atomic E-state index is 0.500. The van der Waals surface area contributed by atoms with Gasteiger partial charge in [-0.15, -0.1) is 11.3 Å². The van der Waals surface area contributed by atoms with Gasteiger partial charge < -0.3 is 4.52 Å². The van der Waals surface area contributed by atoms with Crippen LogP contribution in [-0.4, -0.2) is 15.1 Å². The molecule has 0 radical (unpaired) electrons. The highest BCUT2D eigenvalue weighted by Gasteiger charge is 2.11. The van der Waals surface area contributed by atoms with Crippen molar-refractivity contribution in [3.8, 4) is 0 Å². The van der Waals surface area contributed by atoms with Crippen LogP contribution in [0.25, 0.3) is 10.2 Å². The van der Waals surface area contributed by atoms with E-state index in [9.17, 15) is 0 Å². The first-order valence-corrected chi connectivity index (χ1v) is 6.66. The predicted octanol–water partition coefficient (Wildman–Crippen LogP) is 3.54. The van der Waals surface area contributed by atoms with Crippen LogP contribution in [0.2, 0.25) is 5.15 Å². The first-order chi connectivity index (χ1) is 8.61. The van der Waals surface area contributed by atoms with Crippen LogP contribution in [-0.2, 0) is 6.42 Å². The van der Waals surface area contributed by atoms with Crippen LogP contribution in [0.5, 0.6) is 0 Å². The van der Waals surface area contributed by atoms with Crippen molar-refractivity contribution in [2.75, 3.05) is 0 Å². The zero-order chi connectivity index (χ0) is 12.7. The Labute approximate surface area is 113 Å². The van der Waals surface area contributed by atoms with Crippen molar-refractivity contribution in [1.29, 1.82) is 0 Å². The fourth-order valence-corrected chi connectivity index (χ4v) is 2.99. The average molecular weight is 280 g/mol. The molecular weight excluding hydrogens is 270 g/mol. The summed E-state index contributed by atoms with van der Waals surface area (Å²) in [7, 11) is 0. The summed E-state index contributed by atoms with van der Waals surface area (Å²) in [6.07, 6.45) is 0.532. The number of halogens is 1. The fraction of sp³-hybridized carbons (Fsp3) is 0.250. The molecule has 0 fully saturated rings. The van der Waals surface area contributed by atoms with Crippen LogP contribution in [0, 0.1) is 13.8 Å². The number of fused-ring (bicyclic) bond motifs is 1. The standard InChI is InChI=1S/C12H10ClN3OS/c1-6-3-8(16-17-6)5-10-14-11(13)9-4-7(2)18-12(9)15-10/h3-4H,5H2,1-2H3. The zero-order valence-corrected chi connectivity index (χ0v) is 11.5. The first-order valence-electron chi connectivity index (χ1n) is 5.46. The number of nitrogens with zero attached hydrogens (tertiary/aromatic N) is 3. The lowest BCUT2D eigenvalue weighted by Gasteiger charge is -1.98. The quantitative estimate of drug-likeness (QED) is 0.673. The van der Waals surface area contributed by atoms with Gasteiger partial charge in [0.25, 0.3) is 0 Å². The molecule has 0 amide bonds. The Morgan fingerprint density at radius 2 is 2.11 bits per heavy atom. The van der Waals surface area contributed by atoms with Crippen LogP contribution in [0.3, 0.4) is 0 Å². The molecule has 0 aliphatic rings. The summed E-state index contributed by atoms with van der Waals surface area (Å²) >= 11 is 7.78. The van der Waals surface area contributed by atoms with E-state index in [0.29, 0.717) is 17.4 Å². The van der Waals surface area contributed by atoms with E-state index in [1.54, 1.807) is 11.3 Å². The molecule has 0 spiro atoms. The summed E-state index contributed by atoms with van der Waals surface area (Å²) in [4.78, 5) is 10.9. The topological polar surface area (TPSA) is 51.8 Å². The normalized spacial score (nSPS) is 11.3. The molecule has 0 saturated heterocycles. The van der Waals surface area contributed by atoms with E-state index in [2.05, 4.69) is 15.1 Å². The number of thiophene rings is 1. The van der Waals surface area contributed by atoms with E-state index in [1.165, 1.54) is 4.88 Å². The number of aryl methyl sites for hydroxylation is 2. The summed E-state index contributed by atoms with van der Waals surface area (Å²) < 4.78 is 5.02. The second-order valence-corrected chi connectivity index (χ2v) is 5.70. The fourth-order valence-electron chi connectivity index (χ4n) is 1.79. The van der Waals surface area contributed by atoms with E-state index in [-0.39, 0.29) is 0 Å². The van der Waals surface area contributed by atoms with E-state index in [1.807, 2.05) is 26.0 Å². The van der Waals surface area contributed by atoms with Gasteiger partial charge in [0.15, 0.2) is 0 Å². The molecule has 0 N–H and O–H groups in total. The van der Waals surface area contributed by atoms with Crippen molar-refractivity contribution in [3.63, 3.8) is 0 Å². The Balaban J connectivity index is 2.02. The second-order valence-electron chi connectivity index (χ2n) is 4.11. The van der Waals surface area contributed by atoms with Gasteiger partial charge in [-0.2, -0.15) is 0 Å². The Hall–Kier alpha value is -1.46. The Bertz CT molecular complexity index is 719. The maximum atomic E-state index is 6.16. The molecule has 0 atom stereocenters. The molecule has 0 aromatic carbocycles. The minimum Gasteiger partial charge on any atom is -0.361 e. The molecule has 3 aromatic heterocycles. The number of rotatable bonds is 2. The molecule has 0 aliphatic heterocycles. The molecule has 92 valence electrons. The van der Waals surface area contributed by atoms with Gasteiger partial charge in [-0.1, -0.05) is 16.8 Å². The van der Waals surface area contributed by atoms with Gasteiger partial charge in [0.2, 0.25) is 0 Å². The van der Waals surface area contributed by atoms with E-state index in [4.69, 9.17) is 16.1 Å². The third-order valence-electron chi connectivity index (χ3n) is 2.53. The maximum absolute atomic E-state index is 6.16. The third kappa shape index (κ3) is 2.11. The zero-order valence-electron chi connectivity index (χ0n) is 9.90. The average Bonchev–Trinajstić information content (AvgIpc) is 2.85. The van der Waals surface area contributed by atoms with Crippen molar-refractivity contribution in [3.05, 3.63) is 39.4 Å². The van der Waals surface area contributed by atoms with Gasteiger partial charge in [0, 0.05) is 16.3 Å². The van der Waals surface area contributed by atoms with Crippen molar-refractivity contribution < 1.29 is 4.52 Å². The summed E-state index contributed by atoms with van der Waals surface area (Å²) in [5, 5.41) is 5.35. The van der Waals surface area contributed by atoms with Gasteiger partial charge in [0.05, 0.1) is 12.1 Å². The van der Waals surface area contributed by atoms with Gasteiger partial charge in [0.1, 0.15) is 21.6 Å². The smallest absolute Gasteiger partial charge is 0.141 e. The molecule has 3 heterocycles. The Morgan fingerprint density at radius 3 is 2.83 bits per heavy atom. The molecule has 18 heavy (non-hydrogen) atoms. The van der Waals surface area contributed by atoms with Gasteiger partial charge in [-0.25, -0.2) is 9.97 Å². The molecule has 3 rings (SSSR count). The van der Waals surface area contributed by atoms with Crippen molar-refractivity contribution in [2.24, 2.45) is 0 Å². The molecular formula is C12H10ClN3OS. The van der Waals surface area contributed by atoms with Crippen molar-refractivity contribution in [1.82, 2.24) is 15.1 Å². The lowest BCUT2D eigenvalue weighted by atomic mass is 10.2. The van der Waals surface area contributed by atoms with Crippen molar-refractivity contribution >= 4 is 33.2 Å². The Kier molecular flexibility index (Phi) is 2.80. The first kappa shape index (κ1) is 11.6. The number of hydrogen-bond acceptors (Lipinski definition) is 5. The molecule has 4 nitrogen and oxygen atoms in total. The van der Waals surface area contributed by atoms with Crippen LogP contribution in [0.15, 0.2) is 16.7 Å². The van der Waals surface area contributed by atoms with Crippen LogP contribution < -0.4 is 0 Å². The summed E-state index contributed by atoms with van der Waals surface area (Å²) in [6.45, 7) is 3.89. The summed E-state index contributed by atoms with van der Waals surface area (Å²) in [6, 6.07) is 3.88. The van der Waals surface area contributed by atoms with Gasteiger partial charge in [-0.3, -0.25) is 0 Å². The van der Waals surface area contributed by atoms with Crippen LogP contribution in [0.4, 0.5) is 0 Å². The van der Waals surface area contributed by atoms with Crippen LogP contribution in [0.1, 0.15) is 22.2 Å². The predicted molar refractivity (Wildman–Crippen MR) is 71.2 cm³/mol. The number of hydrogen-bond donors (Lipinski definition) is 0. The Morgan fingerprint density at radius 1 is 1.28 bits per heavy atom. The molecule has 0 bridgehead atoms. The summed E-state index contributed by atoms with van der Waals surface area (Å²) in [5.41, 5.74) is 0.816. The highest BCUT2D eigenvalue weighted by Crippen LogP contribution is 2.28. The van der Waals surface area contributed by atoms with Crippen molar-refractivity contribution in [2.45, 2.75) is 20.3 Å². The lowest BCUT2D eigenvalue weighted by molar-refractivity contribution is 0.391. The van der Waals surface area contributed by atoms with Crippen LogP contribution >= 0.6 is 22.9 Å². The number of aromatic nitrogens is 3. The van der Waals surface area contributed by atoms with E-state index >= 15 is 0 Å². The highest BCUT2D eigenvalue weighted by atomic mass is 35.5. The molecule has 0 saturated carbocycles. The maximum Gasteiger partial charge on any atom is 0.141 e. The molecule has 6 heteroatoms.